The number of aromatic hydroxyl groups is 1. The molecule has 1 aromatic carbocycles. The summed E-state index contributed by atoms with van der Waals surface area (Å²) in [6, 6.07) is 4.55. The van der Waals surface area contributed by atoms with Gasteiger partial charge in [-0.3, -0.25) is 0 Å². The lowest BCUT2D eigenvalue weighted by molar-refractivity contribution is 0.428. The van der Waals surface area contributed by atoms with E-state index in [0.717, 1.165) is 42.4 Å². The van der Waals surface area contributed by atoms with Gasteiger partial charge in [-0.05, 0) is 69.1 Å². The maximum absolute atomic E-state index is 12.5. The Kier molecular flexibility index (Phi) is 5.87. The second kappa shape index (κ2) is 8.45. The van der Waals surface area contributed by atoms with E-state index in [4.69, 9.17) is 10.3 Å². The summed E-state index contributed by atoms with van der Waals surface area (Å²) < 4.78 is 33.3. The number of aromatic nitrogens is 2. The van der Waals surface area contributed by atoms with Crippen molar-refractivity contribution in [3.05, 3.63) is 41.2 Å². The smallest absolute Gasteiger partial charge is 0.258 e. The van der Waals surface area contributed by atoms with Crippen LogP contribution < -0.4 is 10.5 Å². The van der Waals surface area contributed by atoms with Gasteiger partial charge in [0.25, 0.3) is 5.89 Å². The van der Waals surface area contributed by atoms with Gasteiger partial charge in [0.1, 0.15) is 5.75 Å². The van der Waals surface area contributed by atoms with Gasteiger partial charge in [-0.2, -0.15) is 4.98 Å². The fourth-order valence-electron chi connectivity index (χ4n) is 4.03. The zero-order valence-corrected chi connectivity index (χ0v) is 18.4. The first kappa shape index (κ1) is 21.5. The highest BCUT2D eigenvalue weighted by molar-refractivity contribution is 7.89. The largest absolute Gasteiger partial charge is 0.506 e. The quantitative estimate of drug-likeness (QED) is 0.436. The van der Waals surface area contributed by atoms with Crippen LogP contribution in [0.2, 0.25) is 0 Å². The van der Waals surface area contributed by atoms with Crippen LogP contribution in [0, 0.1) is 0 Å². The molecule has 0 aliphatic heterocycles. The number of sulfonamides is 1. The maximum Gasteiger partial charge on any atom is 0.258 e. The third kappa shape index (κ3) is 4.65. The van der Waals surface area contributed by atoms with E-state index in [1.54, 1.807) is 12.1 Å². The van der Waals surface area contributed by atoms with Crippen LogP contribution in [0.1, 0.15) is 31.5 Å². The van der Waals surface area contributed by atoms with Gasteiger partial charge in [0, 0.05) is 23.7 Å². The van der Waals surface area contributed by atoms with Gasteiger partial charge < -0.3 is 20.3 Å². The molecule has 1 aromatic heterocycles. The molecule has 2 aliphatic rings. The van der Waals surface area contributed by atoms with Crippen molar-refractivity contribution in [2.75, 3.05) is 32.1 Å². The van der Waals surface area contributed by atoms with E-state index in [9.17, 15) is 13.5 Å². The number of nitrogens with one attached hydrogen (secondary N) is 1. The van der Waals surface area contributed by atoms with Crippen molar-refractivity contribution < 1.29 is 18.0 Å². The van der Waals surface area contributed by atoms with E-state index in [2.05, 4.69) is 20.9 Å². The number of hydrogen-bond donors (Lipinski definition) is 3. The number of rotatable bonds is 7. The zero-order chi connectivity index (χ0) is 22.2. The average molecular weight is 446 g/mol. The molecule has 0 unspecified atom stereocenters. The van der Waals surface area contributed by atoms with Gasteiger partial charge >= 0.3 is 0 Å². The Morgan fingerprint density at radius 2 is 2.13 bits per heavy atom. The molecule has 166 valence electrons. The Labute approximate surface area is 181 Å². The first-order chi connectivity index (χ1) is 14.7. The number of phenols is 1. The molecule has 2 aliphatic carbocycles. The highest BCUT2D eigenvalue weighted by Gasteiger charge is 2.33. The standard InChI is InChI=1S/C21H27N5O4S/c1-26(2)10-11-31(28,29)25-18-8-7-14-15(18)4-3-5-16(14)20-23-21(30-24-20)13-6-9-19(27)17(22)12-13/h5-6,9,12,18,25,27H,3-4,7-8,10-11,22H2,1-2H3/t18-/m0/s1. The summed E-state index contributed by atoms with van der Waals surface area (Å²) in [6.45, 7) is 0.479. The van der Waals surface area contributed by atoms with Crippen LogP contribution in [-0.2, 0) is 10.0 Å². The van der Waals surface area contributed by atoms with Gasteiger partial charge in [-0.25, -0.2) is 13.1 Å². The van der Waals surface area contributed by atoms with Crippen LogP contribution in [0.3, 0.4) is 0 Å². The maximum atomic E-state index is 12.5. The van der Waals surface area contributed by atoms with Gasteiger partial charge in [-0.1, -0.05) is 11.2 Å². The monoisotopic (exact) mass is 445 g/mol. The highest BCUT2D eigenvalue weighted by atomic mass is 32.2. The van der Waals surface area contributed by atoms with Crippen molar-refractivity contribution in [3.63, 3.8) is 0 Å². The average Bonchev–Trinajstić information content (AvgIpc) is 3.36. The van der Waals surface area contributed by atoms with Gasteiger partial charge in [-0.15, -0.1) is 0 Å². The lowest BCUT2D eigenvalue weighted by atomic mass is 9.91. The summed E-state index contributed by atoms with van der Waals surface area (Å²) >= 11 is 0. The van der Waals surface area contributed by atoms with Crippen molar-refractivity contribution in [2.45, 2.75) is 31.7 Å². The summed E-state index contributed by atoms with van der Waals surface area (Å²) in [6.07, 6.45) is 5.18. The fourth-order valence-corrected chi connectivity index (χ4v) is 5.45. The highest BCUT2D eigenvalue weighted by Crippen LogP contribution is 2.42. The molecule has 0 bridgehead atoms. The third-order valence-corrected chi connectivity index (χ3v) is 7.01. The Bertz CT molecular complexity index is 1150. The number of benzene rings is 1. The van der Waals surface area contributed by atoms with E-state index in [-0.39, 0.29) is 23.2 Å². The first-order valence-electron chi connectivity index (χ1n) is 10.2. The molecule has 0 radical (unpaired) electrons. The molecule has 2 aromatic rings. The van der Waals surface area contributed by atoms with Crippen LogP contribution in [-0.4, -0.2) is 61.0 Å². The summed E-state index contributed by atoms with van der Waals surface area (Å²) in [5, 5.41) is 13.8. The van der Waals surface area contributed by atoms with Gasteiger partial charge in [0.15, 0.2) is 0 Å². The molecule has 1 atom stereocenters. The number of allylic oxidation sites excluding steroid dienone is 3. The topological polar surface area (TPSA) is 135 Å². The summed E-state index contributed by atoms with van der Waals surface area (Å²) in [5.74, 6) is 0.865. The molecule has 0 saturated heterocycles. The molecule has 10 heteroatoms. The van der Waals surface area contributed by atoms with Crippen LogP contribution in [0.4, 0.5) is 5.69 Å². The van der Waals surface area contributed by atoms with Crippen LogP contribution in [0.5, 0.6) is 5.75 Å². The molecule has 9 nitrogen and oxygen atoms in total. The Hall–Kier alpha value is -2.69. The fraction of sp³-hybridized carbons (Fsp3) is 0.429. The number of nitrogens with two attached hydrogens (primary N) is 1. The predicted octanol–water partition coefficient (Wildman–Crippen LogP) is 2.14. The minimum absolute atomic E-state index is 0.00157. The molecule has 4 N–H and O–H groups in total. The third-order valence-electron chi connectivity index (χ3n) is 5.65. The molecule has 0 fully saturated rings. The number of nitrogen functional groups attached to an aromatic ring is 1. The predicted molar refractivity (Wildman–Crippen MR) is 119 cm³/mol. The second-order valence-corrected chi connectivity index (χ2v) is 10.1. The second-order valence-electron chi connectivity index (χ2n) is 8.19. The van der Waals surface area contributed by atoms with E-state index in [1.165, 1.54) is 6.07 Å². The van der Waals surface area contributed by atoms with Gasteiger partial charge in [0.05, 0.1) is 11.4 Å². The zero-order valence-electron chi connectivity index (χ0n) is 17.6. The van der Waals surface area contributed by atoms with Gasteiger partial charge in [0.2, 0.25) is 15.8 Å². The summed E-state index contributed by atoms with van der Waals surface area (Å²) in [4.78, 5) is 6.38. The van der Waals surface area contributed by atoms with E-state index < -0.39 is 10.0 Å². The Balaban J connectivity index is 1.55. The number of hydrogen-bond acceptors (Lipinski definition) is 8. The lowest BCUT2D eigenvalue weighted by Crippen LogP contribution is -2.38. The minimum atomic E-state index is -3.36. The van der Waals surface area contributed by atoms with Crippen LogP contribution in [0.25, 0.3) is 17.0 Å². The minimum Gasteiger partial charge on any atom is -0.506 e. The van der Waals surface area contributed by atoms with E-state index in [0.29, 0.717) is 23.8 Å². The lowest BCUT2D eigenvalue weighted by Gasteiger charge is -2.21. The molecule has 4 rings (SSSR count). The molecular weight excluding hydrogens is 418 g/mol. The molecule has 1 heterocycles. The molecule has 0 spiro atoms. The van der Waals surface area contributed by atoms with Crippen molar-refractivity contribution in [2.24, 2.45) is 0 Å². The van der Waals surface area contributed by atoms with Crippen molar-refractivity contribution in [1.29, 1.82) is 0 Å². The van der Waals surface area contributed by atoms with Crippen LogP contribution in [0.15, 0.2) is 39.9 Å². The molecule has 31 heavy (non-hydrogen) atoms. The molecule has 0 saturated carbocycles. The van der Waals surface area contributed by atoms with Crippen molar-refractivity contribution in [1.82, 2.24) is 19.8 Å². The van der Waals surface area contributed by atoms with E-state index >= 15 is 0 Å². The normalized spacial score (nSPS) is 19.1. The van der Waals surface area contributed by atoms with Crippen LogP contribution >= 0.6 is 0 Å². The molecular formula is C21H27N5O4S. The van der Waals surface area contributed by atoms with Crippen molar-refractivity contribution >= 4 is 21.3 Å². The number of anilines is 1. The van der Waals surface area contributed by atoms with Crippen molar-refractivity contribution in [3.8, 4) is 17.2 Å². The SMILES string of the molecule is CN(C)CCS(=O)(=O)N[C@H]1CCC2=C1CCC=C2c1noc(-c2ccc(O)c(N)c2)n1. The van der Waals surface area contributed by atoms with E-state index in [1.807, 2.05) is 19.0 Å². The summed E-state index contributed by atoms with van der Waals surface area (Å²) in [5.41, 5.74) is 9.74. The Morgan fingerprint density at radius 3 is 2.87 bits per heavy atom. The first-order valence-corrected chi connectivity index (χ1v) is 11.9. The number of phenolic OH excluding ortho intramolecular Hbond substituents is 1. The Morgan fingerprint density at radius 1 is 1.32 bits per heavy atom. The molecule has 0 amide bonds. The summed E-state index contributed by atoms with van der Waals surface area (Å²) in [7, 11) is 0.354. The number of nitrogens with zero attached hydrogens (tertiary/aromatic N) is 3.